The number of ether oxygens (including phenoxy) is 1. The van der Waals surface area contributed by atoms with E-state index in [1.165, 1.54) is 13.0 Å². The van der Waals surface area contributed by atoms with E-state index in [-0.39, 0.29) is 11.9 Å². The van der Waals surface area contributed by atoms with Crippen LogP contribution in [0, 0.1) is 0 Å². The number of nitrogens with one attached hydrogen (secondary N) is 1. The van der Waals surface area contributed by atoms with Gasteiger partial charge in [0, 0.05) is 31.6 Å². The molecule has 0 bridgehead atoms. The van der Waals surface area contributed by atoms with Gasteiger partial charge in [-0.1, -0.05) is 6.07 Å². The standard InChI is InChI=1S/C15H20N2O5S/c1-11(18)22-14-5-3-4-12(10-14)15(19)17-8-6-13(7-9-17)16-23(2,20)21/h3-5,10,13,16H,6-9H2,1-2H3. The molecule has 1 heterocycles. The first kappa shape index (κ1) is 17.4. The number of carbonyl (C=O) groups excluding carboxylic acids is 2. The highest BCUT2D eigenvalue weighted by Crippen LogP contribution is 2.18. The quantitative estimate of drug-likeness (QED) is 0.645. The van der Waals surface area contributed by atoms with Crippen molar-refractivity contribution in [2.75, 3.05) is 19.3 Å². The summed E-state index contributed by atoms with van der Waals surface area (Å²) in [5.74, 6) is -0.268. The van der Waals surface area contributed by atoms with Crippen LogP contribution < -0.4 is 9.46 Å². The number of benzene rings is 1. The number of hydrogen-bond acceptors (Lipinski definition) is 5. The number of piperidine rings is 1. The van der Waals surface area contributed by atoms with Crippen molar-refractivity contribution in [1.29, 1.82) is 0 Å². The molecule has 8 heteroatoms. The fourth-order valence-electron chi connectivity index (χ4n) is 2.54. The smallest absolute Gasteiger partial charge is 0.308 e. The van der Waals surface area contributed by atoms with E-state index in [0.29, 0.717) is 37.2 Å². The lowest BCUT2D eigenvalue weighted by Crippen LogP contribution is -2.46. The van der Waals surface area contributed by atoms with Gasteiger partial charge < -0.3 is 9.64 Å². The predicted octanol–water partition coefficient (Wildman–Crippen LogP) is 0.766. The maximum atomic E-state index is 12.5. The van der Waals surface area contributed by atoms with Crippen LogP contribution in [0.3, 0.4) is 0 Å². The molecule has 1 aliphatic rings. The summed E-state index contributed by atoms with van der Waals surface area (Å²) in [5.41, 5.74) is 0.443. The molecule has 1 aromatic carbocycles. The fraction of sp³-hybridized carbons (Fsp3) is 0.467. The molecule has 23 heavy (non-hydrogen) atoms. The van der Waals surface area contributed by atoms with Crippen molar-refractivity contribution in [2.45, 2.75) is 25.8 Å². The molecule has 0 aromatic heterocycles. The first-order chi connectivity index (χ1) is 10.7. The Kier molecular flexibility index (Phi) is 5.38. The topological polar surface area (TPSA) is 92.8 Å². The van der Waals surface area contributed by atoms with Gasteiger partial charge in [-0.3, -0.25) is 9.59 Å². The Morgan fingerprint density at radius 2 is 1.91 bits per heavy atom. The molecule has 0 saturated carbocycles. The van der Waals surface area contributed by atoms with E-state index in [1.807, 2.05) is 0 Å². The minimum absolute atomic E-state index is 0.138. The zero-order valence-corrected chi connectivity index (χ0v) is 13.9. The third-order valence-corrected chi connectivity index (χ3v) is 4.27. The zero-order chi connectivity index (χ0) is 17.0. The Bertz CT molecular complexity index is 694. The average Bonchev–Trinajstić information content (AvgIpc) is 2.45. The van der Waals surface area contributed by atoms with Gasteiger partial charge in [0.05, 0.1) is 6.26 Å². The first-order valence-electron chi connectivity index (χ1n) is 7.29. The van der Waals surface area contributed by atoms with Crippen LogP contribution in [0.25, 0.3) is 0 Å². The second-order valence-corrected chi connectivity index (χ2v) is 7.36. The van der Waals surface area contributed by atoms with Gasteiger partial charge >= 0.3 is 5.97 Å². The van der Waals surface area contributed by atoms with E-state index in [4.69, 9.17) is 4.74 Å². The molecule has 1 amide bonds. The van der Waals surface area contributed by atoms with Gasteiger partial charge in [-0.05, 0) is 31.0 Å². The number of carbonyl (C=O) groups is 2. The van der Waals surface area contributed by atoms with Gasteiger partial charge in [-0.2, -0.15) is 0 Å². The van der Waals surface area contributed by atoms with Gasteiger partial charge in [0.25, 0.3) is 5.91 Å². The lowest BCUT2D eigenvalue weighted by molar-refractivity contribution is -0.131. The monoisotopic (exact) mass is 340 g/mol. The minimum Gasteiger partial charge on any atom is -0.427 e. The van der Waals surface area contributed by atoms with E-state index in [9.17, 15) is 18.0 Å². The van der Waals surface area contributed by atoms with E-state index < -0.39 is 16.0 Å². The zero-order valence-electron chi connectivity index (χ0n) is 13.1. The normalized spacial score (nSPS) is 16.2. The van der Waals surface area contributed by atoms with Crippen LogP contribution in [0.5, 0.6) is 5.75 Å². The average molecular weight is 340 g/mol. The van der Waals surface area contributed by atoms with Crippen LogP contribution in [0.2, 0.25) is 0 Å². The van der Waals surface area contributed by atoms with Crippen molar-refractivity contribution in [2.24, 2.45) is 0 Å². The molecule has 1 N–H and O–H groups in total. The Hall–Kier alpha value is -1.93. The predicted molar refractivity (Wildman–Crippen MR) is 84.7 cm³/mol. The van der Waals surface area contributed by atoms with Crippen LogP contribution in [-0.2, 0) is 14.8 Å². The van der Waals surface area contributed by atoms with Crippen molar-refractivity contribution in [3.63, 3.8) is 0 Å². The lowest BCUT2D eigenvalue weighted by atomic mass is 10.0. The van der Waals surface area contributed by atoms with Crippen LogP contribution in [0.1, 0.15) is 30.1 Å². The van der Waals surface area contributed by atoms with E-state index in [0.717, 1.165) is 6.26 Å². The van der Waals surface area contributed by atoms with Gasteiger partial charge in [-0.25, -0.2) is 13.1 Å². The Morgan fingerprint density at radius 1 is 1.26 bits per heavy atom. The molecule has 126 valence electrons. The van der Waals surface area contributed by atoms with E-state index in [2.05, 4.69) is 4.72 Å². The number of likely N-dealkylation sites (tertiary alicyclic amines) is 1. The maximum absolute atomic E-state index is 12.5. The van der Waals surface area contributed by atoms with Crippen LogP contribution in [-0.4, -0.2) is 50.6 Å². The van der Waals surface area contributed by atoms with Crippen LogP contribution in [0.4, 0.5) is 0 Å². The lowest BCUT2D eigenvalue weighted by Gasteiger charge is -2.32. The van der Waals surface area contributed by atoms with Gasteiger partial charge in [0.2, 0.25) is 10.0 Å². The summed E-state index contributed by atoms with van der Waals surface area (Å²) < 4.78 is 30.0. The van der Waals surface area contributed by atoms with Gasteiger partial charge in [-0.15, -0.1) is 0 Å². The number of sulfonamides is 1. The Labute approximate surface area is 135 Å². The molecular formula is C15H20N2O5S. The van der Waals surface area contributed by atoms with Crippen molar-refractivity contribution >= 4 is 21.9 Å². The molecule has 1 aromatic rings. The van der Waals surface area contributed by atoms with Crippen molar-refractivity contribution in [3.8, 4) is 5.75 Å². The summed E-state index contributed by atoms with van der Waals surface area (Å²) in [6.45, 7) is 2.25. The minimum atomic E-state index is -3.23. The summed E-state index contributed by atoms with van der Waals surface area (Å²) >= 11 is 0. The molecule has 0 unspecified atom stereocenters. The van der Waals surface area contributed by atoms with E-state index in [1.54, 1.807) is 23.1 Å². The number of amides is 1. The number of rotatable bonds is 4. The van der Waals surface area contributed by atoms with Crippen molar-refractivity contribution < 1.29 is 22.7 Å². The Morgan fingerprint density at radius 3 is 2.48 bits per heavy atom. The largest absolute Gasteiger partial charge is 0.427 e. The summed E-state index contributed by atoms with van der Waals surface area (Å²) in [5, 5.41) is 0. The summed E-state index contributed by atoms with van der Waals surface area (Å²) in [6, 6.07) is 6.33. The number of nitrogens with zero attached hydrogens (tertiary/aromatic N) is 1. The molecular weight excluding hydrogens is 320 g/mol. The second kappa shape index (κ2) is 7.10. The highest BCUT2D eigenvalue weighted by molar-refractivity contribution is 7.88. The summed E-state index contributed by atoms with van der Waals surface area (Å²) in [7, 11) is -3.23. The summed E-state index contributed by atoms with van der Waals surface area (Å²) in [6.07, 6.45) is 2.27. The SMILES string of the molecule is CC(=O)Oc1cccc(C(=O)N2CCC(NS(C)(=O)=O)CC2)c1. The number of hydrogen-bond donors (Lipinski definition) is 1. The molecule has 0 spiro atoms. The van der Waals surface area contributed by atoms with Crippen LogP contribution >= 0.6 is 0 Å². The molecule has 1 fully saturated rings. The molecule has 0 atom stereocenters. The molecule has 1 saturated heterocycles. The third-order valence-electron chi connectivity index (χ3n) is 3.51. The Balaban J connectivity index is 1.98. The van der Waals surface area contributed by atoms with Crippen molar-refractivity contribution in [3.05, 3.63) is 29.8 Å². The number of esters is 1. The first-order valence-corrected chi connectivity index (χ1v) is 9.19. The summed E-state index contributed by atoms with van der Waals surface area (Å²) in [4.78, 5) is 25.1. The molecule has 2 rings (SSSR count). The van der Waals surface area contributed by atoms with Crippen LogP contribution in [0.15, 0.2) is 24.3 Å². The third kappa shape index (κ3) is 5.33. The molecule has 0 aliphatic carbocycles. The highest BCUT2D eigenvalue weighted by Gasteiger charge is 2.25. The highest BCUT2D eigenvalue weighted by atomic mass is 32.2. The van der Waals surface area contributed by atoms with Crippen molar-refractivity contribution in [1.82, 2.24) is 9.62 Å². The second-order valence-electron chi connectivity index (χ2n) is 5.58. The molecule has 7 nitrogen and oxygen atoms in total. The van der Waals surface area contributed by atoms with Gasteiger partial charge in [0.1, 0.15) is 5.75 Å². The molecule has 1 aliphatic heterocycles. The van der Waals surface area contributed by atoms with Gasteiger partial charge in [0.15, 0.2) is 0 Å². The fourth-order valence-corrected chi connectivity index (χ4v) is 3.39. The van der Waals surface area contributed by atoms with E-state index >= 15 is 0 Å². The molecule has 0 radical (unpaired) electrons. The maximum Gasteiger partial charge on any atom is 0.308 e.